The molecular formula is C10H17B2O7PTh-. The second kappa shape index (κ2) is 9.18. The molecule has 11 heteroatoms. The molecule has 0 saturated carbocycles. The molecule has 0 aromatic heterocycles. The van der Waals surface area contributed by atoms with Crippen molar-refractivity contribution in [2.75, 3.05) is 13.2 Å². The molecule has 2 fully saturated rings. The minimum absolute atomic E-state index is 0. The van der Waals surface area contributed by atoms with Crippen LogP contribution in [-0.4, -0.2) is 74.2 Å². The Kier molecular flexibility index (Phi) is 9.03. The standard InChI is InChI=1S/C10H17B2O7P.Th/c11-10-3-7(8(4-13)18-10)19-20(12,15)17-5-9-6(14)1-2-16-9;/h2,6-10,13-15H,1,3-5H2;/q-1;/t6?,7?,8-,9-,10-,20?;/m1./s1. The van der Waals surface area contributed by atoms with Gasteiger partial charge in [-0.2, -0.15) is 7.57 Å². The first-order valence-electron chi connectivity index (χ1n) is 6.31. The van der Waals surface area contributed by atoms with E-state index in [2.05, 4.69) is 0 Å². The first kappa shape index (κ1) is 20.6. The summed E-state index contributed by atoms with van der Waals surface area (Å²) >= 11 is 0. The minimum Gasteiger partial charge on any atom is -0.546 e. The molecule has 0 aliphatic carbocycles. The summed E-state index contributed by atoms with van der Waals surface area (Å²) in [4.78, 5) is 9.94. The Morgan fingerprint density at radius 1 is 1.43 bits per heavy atom. The molecule has 0 bridgehead atoms. The second-order valence-corrected chi connectivity index (χ2v) is 6.38. The molecule has 2 saturated heterocycles. The minimum atomic E-state index is -3.60. The van der Waals surface area contributed by atoms with Crippen molar-refractivity contribution in [2.24, 2.45) is 0 Å². The van der Waals surface area contributed by atoms with Crippen LogP contribution in [0.3, 0.4) is 0 Å². The van der Waals surface area contributed by atoms with E-state index in [-0.39, 0.29) is 53.2 Å². The van der Waals surface area contributed by atoms with Crippen LogP contribution in [0.4, 0.5) is 0 Å². The molecule has 0 aromatic rings. The van der Waals surface area contributed by atoms with E-state index >= 15 is 0 Å². The summed E-state index contributed by atoms with van der Waals surface area (Å²) in [6.07, 6.45) is -1.86. The van der Waals surface area contributed by atoms with Crippen LogP contribution in [-0.2, 0) is 18.5 Å². The Labute approximate surface area is 159 Å². The van der Waals surface area contributed by atoms with Crippen LogP contribution in [0.15, 0.2) is 0 Å². The molecule has 2 aliphatic rings. The monoisotopic (exact) mass is 534 g/mol. The van der Waals surface area contributed by atoms with E-state index in [9.17, 15) is 10.00 Å². The smallest absolute Gasteiger partial charge is 0.132 e. The van der Waals surface area contributed by atoms with E-state index in [1.165, 1.54) is 6.61 Å². The Hall–Kier alpha value is 1.60. The number of hydrogen-bond acceptors (Lipinski definition) is 7. The molecule has 0 spiro atoms. The largest absolute Gasteiger partial charge is 0.546 e. The zero-order valence-corrected chi connectivity index (χ0v) is 16.4. The van der Waals surface area contributed by atoms with Gasteiger partial charge in [-0.3, -0.25) is 0 Å². The summed E-state index contributed by atoms with van der Waals surface area (Å²) in [5, 5.41) is 18.6. The van der Waals surface area contributed by atoms with Crippen LogP contribution in [0.25, 0.3) is 0 Å². The average molecular weight is 534 g/mol. The molecule has 5 radical (unpaired) electrons. The maximum absolute atomic E-state index is 9.94. The second-order valence-electron chi connectivity index (χ2n) is 4.78. The fourth-order valence-electron chi connectivity index (χ4n) is 2.10. The molecule has 0 aromatic carbocycles. The normalized spacial score (nSPS) is 39.0. The van der Waals surface area contributed by atoms with Gasteiger partial charge in [-0.1, -0.05) is 0 Å². The fourth-order valence-corrected chi connectivity index (χ4v) is 3.13. The molecule has 115 valence electrons. The van der Waals surface area contributed by atoms with Crippen molar-refractivity contribution in [3.63, 3.8) is 0 Å². The van der Waals surface area contributed by atoms with Crippen LogP contribution >= 0.6 is 7.82 Å². The van der Waals surface area contributed by atoms with E-state index < -0.39 is 38.2 Å². The average Bonchev–Trinajstić information content (AvgIpc) is 2.92. The molecule has 3 N–H and O–H groups in total. The number of ether oxygens (including phenoxy) is 2. The van der Waals surface area contributed by atoms with Crippen molar-refractivity contribution in [3.8, 4) is 0 Å². The SMILES string of the molecule is [B][C@H]1CC(O[P+]([B-])(O)OC[C@H]2O[CH-]CC2O)[C@@H](CO)O1.[Th]. The van der Waals surface area contributed by atoms with Crippen molar-refractivity contribution in [3.05, 3.63) is 6.61 Å². The number of rotatable bonds is 6. The molecule has 2 rings (SSSR count). The summed E-state index contributed by atoms with van der Waals surface area (Å²) in [6, 6.07) is -0.577. The maximum atomic E-state index is 9.94. The van der Waals surface area contributed by atoms with Crippen molar-refractivity contribution in [1.82, 2.24) is 0 Å². The summed E-state index contributed by atoms with van der Waals surface area (Å²) in [6.45, 7) is 1.08. The predicted octanol–water partition coefficient (Wildman–Crippen LogP) is -1.19. The van der Waals surface area contributed by atoms with Crippen LogP contribution in [0, 0.1) is 46.5 Å². The third-order valence-corrected chi connectivity index (χ3v) is 4.25. The first-order chi connectivity index (χ1) is 9.41. The van der Waals surface area contributed by atoms with E-state index in [0.717, 1.165) is 0 Å². The Bertz CT molecular complexity index is 328. The van der Waals surface area contributed by atoms with Gasteiger partial charge in [-0.15, -0.1) is 6.42 Å². The summed E-state index contributed by atoms with van der Waals surface area (Å²) in [7, 11) is 7.56. The number of aliphatic hydroxyl groups excluding tert-OH is 2. The Morgan fingerprint density at radius 3 is 2.71 bits per heavy atom. The van der Waals surface area contributed by atoms with Gasteiger partial charge in [0.05, 0.1) is 18.8 Å². The Morgan fingerprint density at radius 2 is 2.14 bits per heavy atom. The van der Waals surface area contributed by atoms with Crippen LogP contribution in [0.1, 0.15) is 12.8 Å². The number of aliphatic hydroxyl groups is 2. The third kappa shape index (κ3) is 6.20. The van der Waals surface area contributed by atoms with Crippen LogP contribution in [0.2, 0.25) is 0 Å². The molecule has 2 aliphatic heterocycles. The van der Waals surface area contributed by atoms with Crippen molar-refractivity contribution in [1.29, 1.82) is 0 Å². The zero-order chi connectivity index (χ0) is 14.8. The maximum Gasteiger partial charge on any atom is 0.132 e. The van der Waals surface area contributed by atoms with E-state index in [1.807, 2.05) is 0 Å². The fraction of sp³-hybridized carbons (Fsp3) is 0.900. The van der Waals surface area contributed by atoms with Gasteiger partial charge in [0.25, 0.3) is 0 Å². The topological polar surface area (TPSA) is 97.6 Å². The van der Waals surface area contributed by atoms with Gasteiger partial charge in [-0.05, 0) is 6.42 Å². The number of hydrogen-bond donors (Lipinski definition) is 3. The quantitative estimate of drug-likeness (QED) is 0.225. The van der Waals surface area contributed by atoms with Gasteiger partial charge in [-0.25, -0.2) is 20.5 Å². The van der Waals surface area contributed by atoms with E-state index in [1.54, 1.807) is 0 Å². The molecule has 6 atom stereocenters. The summed E-state index contributed by atoms with van der Waals surface area (Å²) in [5.74, 6) is 0. The zero-order valence-electron chi connectivity index (χ0n) is 11.4. The van der Waals surface area contributed by atoms with Crippen molar-refractivity contribution >= 4 is 23.2 Å². The van der Waals surface area contributed by atoms with Crippen molar-refractivity contribution in [2.45, 2.75) is 43.3 Å². The molecule has 0 amide bonds. The van der Waals surface area contributed by atoms with Crippen LogP contribution < -0.4 is 0 Å². The summed E-state index contributed by atoms with van der Waals surface area (Å²) < 4.78 is 20.7. The van der Waals surface area contributed by atoms with Crippen LogP contribution in [0.5, 0.6) is 0 Å². The van der Waals surface area contributed by atoms with Gasteiger partial charge < -0.3 is 19.7 Å². The summed E-state index contributed by atoms with van der Waals surface area (Å²) in [5.41, 5.74) is 0. The van der Waals surface area contributed by atoms with Gasteiger partial charge in [0, 0.05) is 45.9 Å². The van der Waals surface area contributed by atoms with E-state index in [0.29, 0.717) is 12.8 Å². The predicted molar refractivity (Wildman–Crippen MR) is 71.6 cm³/mol. The Balaban J connectivity index is 0.00000220. The molecule has 2 heterocycles. The third-order valence-electron chi connectivity index (χ3n) is 3.16. The molecule has 3 unspecified atom stereocenters. The first-order valence-corrected chi connectivity index (χ1v) is 7.96. The van der Waals surface area contributed by atoms with E-state index in [4.69, 9.17) is 39.0 Å². The van der Waals surface area contributed by atoms with Gasteiger partial charge in [0.15, 0.2) is 0 Å². The van der Waals surface area contributed by atoms with Gasteiger partial charge >= 0.3 is 0 Å². The molecular weight excluding hydrogens is 517 g/mol. The van der Waals surface area contributed by atoms with Gasteiger partial charge in [0.2, 0.25) is 0 Å². The van der Waals surface area contributed by atoms with Crippen molar-refractivity contribution < 1.29 is 73.6 Å². The van der Waals surface area contributed by atoms with Gasteiger partial charge in [0.1, 0.15) is 34.5 Å². The molecule has 7 nitrogen and oxygen atoms in total. The molecule has 21 heavy (non-hydrogen) atoms.